The van der Waals surface area contributed by atoms with Gasteiger partial charge in [-0.2, -0.15) is 0 Å². The summed E-state index contributed by atoms with van der Waals surface area (Å²) >= 11 is 0. The maximum atomic E-state index is 11.3. The summed E-state index contributed by atoms with van der Waals surface area (Å²) in [5.74, 6) is 0.0716. The van der Waals surface area contributed by atoms with Crippen molar-refractivity contribution in [1.29, 1.82) is 0 Å². The Balaban J connectivity index is 2.23. The van der Waals surface area contributed by atoms with E-state index in [2.05, 4.69) is 22.8 Å². The second-order valence-corrected chi connectivity index (χ2v) is 5.68. The molecule has 1 unspecified atom stereocenters. The van der Waals surface area contributed by atoms with E-state index in [1.807, 2.05) is 27.0 Å². The van der Waals surface area contributed by atoms with Crippen molar-refractivity contribution in [3.63, 3.8) is 0 Å². The number of carbonyl (C=O) groups excluding carboxylic acids is 1. The molecule has 1 amide bonds. The van der Waals surface area contributed by atoms with E-state index in [-0.39, 0.29) is 17.5 Å². The molecule has 4 N–H and O–H groups in total. The maximum Gasteiger partial charge on any atom is 0.228 e. The third-order valence-corrected chi connectivity index (χ3v) is 3.24. The molecule has 1 aliphatic heterocycles. The highest BCUT2D eigenvalue weighted by Crippen LogP contribution is 2.29. The molecule has 1 atom stereocenters. The number of nitrogens with two attached hydrogens (primary N) is 1. The minimum Gasteiger partial charge on any atom is -0.326 e. The molecule has 98 valence electrons. The number of hydrogen-bond acceptors (Lipinski definition) is 3. The normalized spacial score (nSPS) is 16.3. The molecule has 1 aromatic carbocycles. The van der Waals surface area contributed by atoms with Crippen molar-refractivity contribution < 1.29 is 4.79 Å². The largest absolute Gasteiger partial charge is 0.326 e. The minimum atomic E-state index is -0.221. The highest BCUT2D eigenvalue weighted by molar-refractivity contribution is 5.99. The van der Waals surface area contributed by atoms with Crippen LogP contribution in [0.1, 0.15) is 37.4 Å². The fourth-order valence-electron chi connectivity index (χ4n) is 2.38. The van der Waals surface area contributed by atoms with Crippen LogP contribution in [-0.4, -0.2) is 18.5 Å². The van der Waals surface area contributed by atoms with Gasteiger partial charge >= 0.3 is 0 Å². The number of benzene rings is 1. The van der Waals surface area contributed by atoms with Crippen LogP contribution in [0.3, 0.4) is 0 Å². The van der Waals surface area contributed by atoms with Crippen molar-refractivity contribution in [3.05, 3.63) is 29.3 Å². The number of fused-ring (bicyclic) bond motifs is 1. The smallest absolute Gasteiger partial charge is 0.228 e. The Morgan fingerprint density at radius 3 is 2.83 bits per heavy atom. The molecule has 2 rings (SSSR count). The second kappa shape index (κ2) is 4.71. The summed E-state index contributed by atoms with van der Waals surface area (Å²) in [5.41, 5.74) is 9.05. The molecule has 0 fully saturated rings. The van der Waals surface area contributed by atoms with Crippen LogP contribution in [0.4, 0.5) is 5.69 Å². The van der Waals surface area contributed by atoms with Gasteiger partial charge in [0.2, 0.25) is 5.91 Å². The Morgan fingerprint density at radius 2 is 2.22 bits per heavy atom. The maximum absolute atomic E-state index is 11.3. The lowest BCUT2D eigenvalue weighted by Gasteiger charge is -2.26. The topological polar surface area (TPSA) is 67.1 Å². The van der Waals surface area contributed by atoms with Gasteiger partial charge in [0, 0.05) is 17.3 Å². The molecular formula is C14H21N3O. The first-order chi connectivity index (χ1) is 8.39. The SMILES string of the molecule is CNC(CC(C)(C)N)c1ccc2c(c1)CC(=O)N2. The second-order valence-electron chi connectivity index (χ2n) is 5.68. The molecule has 1 aliphatic rings. The van der Waals surface area contributed by atoms with Crippen LogP contribution >= 0.6 is 0 Å². The number of nitrogens with one attached hydrogen (secondary N) is 2. The zero-order chi connectivity index (χ0) is 13.3. The van der Waals surface area contributed by atoms with E-state index in [0.29, 0.717) is 6.42 Å². The third-order valence-electron chi connectivity index (χ3n) is 3.24. The van der Waals surface area contributed by atoms with Crippen molar-refractivity contribution in [3.8, 4) is 0 Å². The van der Waals surface area contributed by atoms with E-state index >= 15 is 0 Å². The lowest BCUT2D eigenvalue weighted by molar-refractivity contribution is -0.115. The van der Waals surface area contributed by atoms with E-state index < -0.39 is 0 Å². The summed E-state index contributed by atoms with van der Waals surface area (Å²) in [4.78, 5) is 11.3. The highest BCUT2D eigenvalue weighted by atomic mass is 16.1. The molecule has 0 radical (unpaired) electrons. The Morgan fingerprint density at radius 1 is 1.50 bits per heavy atom. The Hall–Kier alpha value is -1.39. The standard InChI is InChI=1S/C14H21N3O/c1-14(2,15)8-12(16-3)9-4-5-11-10(6-9)7-13(18)17-11/h4-6,12,16H,7-8,15H2,1-3H3,(H,17,18). The summed E-state index contributed by atoms with van der Waals surface area (Å²) in [6.07, 6.45) is 1.33. The molecule has 0 saturated heterocycles. The fraction of sp³-hybridized carbons (Fsp3) is 0.500. The molecule has 0 bridgehead atoms. The van der Waals surface area contributed by atoms with Gasteiger partial charge in [-0.15, -0.1) is 0 Å². The third kappa shape index (κ3) is 2.89. The van der Waals surface area contributed by atoms with Crippen LogP contribution in [0.2, 0.25) is 0 Å². The van der Waals surface area contributed by atoms with E-state index in [1.54, 1.807) is 0 Å². The Kier molecular flexibility index (Phi) is 3.41. The average molecular weight is 247 g/mol. The fourth-order valence-corrected chi connectivity index (χ4v) is 2.38. The molecule has 0 spiro atoms. The first kappa shape index (κ1) is 13.1. The molecule has 4 nitrogen and oxygen atoms in total. The molecule has 18 heavy (non-hydrogen) atoms. The molecular weight excluding hydrogens is 226 g/mol. The van der Waals surface area contributed by atoms with Gasteiger partial charge < -0.3 is 16.4 Å². The molecule has 0 saturated carbocycles. The van der Waals surface area contributed by atoms with Crippen LogP contribution in [0.25, 0.3) is 0 Å². The first-order valence-electron chi connectivity index (χ1n) is 6.28. The van der Waals surface area contributed by atoms with Gasteiger partial charge in [-0.1, -0.05) is 12.1 Å². The van der Waals surface area contributed by atoms with Gasteiger partial charge in [-0.25, -0.2) is 0 Å². The Bertz CT molecular complexity index is 463. The summed E-state index contributed by atoms with van der Waals surface area (Å²) in [7, 11) is 1.94. The number of anilines is 1. The summed E-state index contributed by atoms with van der Waals surface area (Å²) in [6.45, 7) is 4.05. The first-order valence-corrected chi connectivity index (χ1v) is 6.28. The minimum absolute atomic E-state index is 0.0716. The van der Waals surface area contributed by atoms with Crippen molar-refractivity contribution in [2.24, 2.45) is 5.73 Å². The number of hydrogen-bond donors (Lipinski definition) is 3. The molecule has 1 heterocycles. The average Bonchev–Trinajstić information content (AvgIpc) is 2.63. The number of carbonyl (C=O) groups is 1. The lowest BCUT2D eigenvalue weighted by atomic mass is 9.91. The highest BCUT2D eigenvalue weighted by Gasteiger charge is 2.22. The predicted molar refractivity (Wildman–Crippen MR) is 73.5 cm³/mol. The summed E-state index contributed by atoms with van der Waals surface area (Å²) < 4.78 is 0. The van der Waals surface area contributed by atoms with Crippen LogP contribution in [-0.2, 0) is 11.2 Å². The summed E-state index contributed by atoms with van der Waals surface area (Å²) in [5, 5.41) is 6.14. The van der Waals surface area contributed by atoms with Crippen LogP contribution < -0.4 is 16.4 Å². The van der Waals surface area contributed by atoms with Crippen molar-refractivity contribution in [1.82, 2.24) is 5.32 Å². The van der Waals surface area contributed by atoms with Crippen LogP contribution in [0, 0.1) is 0 Å². The van der Waals surface area contributed by atoms with Gasteiger partial charge in [0.15, 0.2) is 0 Å². The zero-order valence-electron chi connectivity index (χ0n) is 11.2. The van der Waals surface area contributed by atoms with Gasteiger partial charge in [-0.3, -0.25) is 4.79 Å². The number of amides is 1. The molecule has 0 aliphatic carbocycles. The van der Waals surface area contributed by atoms with E-state index in [0.717, 1.165) is 17.7 Å². The van der Waals surface area contributed by atoms with E-state index in [9.17, 15) is 4.79 Å². The van der Waals surface area contributed by atoms with Crippen molar-refractivity contribution in [2.75, 3.05) is 12.4 Å². The summed E-state index contributed by atoms with van der Waals surface area (Å²) in [6, 6.07) is 6.34. The quantitative estimate of drug-likeness (QED) is 0.756. The molecule has 1 aromatic rings. The van der Waals surface area contributed by atoms with Gasteiger partial charge in [-0.05, 0) is 44.5 Å². The Labute approximate surface area is 108 Å². The van der Waals surface area contributed by atoms with Crippen LogP contribution in [0.15, 0.2) is 18.2 Å². The number of rotatable bonds is 4. The lowest BCUT2D eigenvalue weighted by Crippen LogP contribution is -2.36. The van der Waals surface area contributed by atoms with Crippen LogP contribution in [0.5, 0.6) is 0 Å². The molecule has 0 aromatic heterocycles. The monoisotopic (exact) mass is 247 g/mol. The van der Waals surface area contributed by atoms with E-state index in [4.69, 9.17) is 5.73 Å². The molecule has 4 heteroatoms. The van der Waals surface area contributed by atoms with E-state index in [1.165, 1.54) is 5.56 Å². The zero-order valence-corrected chi connectivity index (χ0v) is 11.2. The van der Waals surface area contributed by atoms with Crippen molar-refractivity contribution in [2.45, 2.75) is 38.3 Å². The van der Waals surface area contributed by atoms with Gasteiger partial charge in [0.25, 0.3) is 0 Å². The predicted octanol–water partition coefficient (Wildman–Crippen LogP) is 1.57. The van der Waals surface area contributed by atoms with Crippen molar-refractivity contribution >= 4 is 11.6 Å². The van der Waals surface area contributed by atoms with Gasteiger partial charge in [0.1, 0.15) is 0 Å². The van der Waals surface area contributed by atoms with Gasteiger partial charge in [0.05, 0.1) is 6.42 Å².